The molecular weight excluding hydrogens is 402 g/mol. The molecule has 1 aromatic rings. The van der Waals surface area contributed by atoms with Gasteiger partial charge in [-0.2, -0.15) is 0 Å². The van der Waals surface area contributed by atoms with Crippen LogP contribution in [0.15, 0.2) is 47.3 Å². The van der Waals surface area contributed by atoms with E-state index in [4.69, 9.17) is 15.9 Å². The van der Waals surface area contributed by atoms with Crippen LogP contribution in [0, 0.1) is 12.3 Å². The highest BCUT2D eigenvalue weighted by Crippen LogP contribution is 2.47. The maximum absolute atomic E-state index is 13.1. The van der Waals surface area contributed by atoms with E-state index in [0.29, 0.717) is 37.4 Å². The molecule has 0 fully saturated rings. The van der Waals surface area contributed by atoms with Gasteiger partial charge in [-0.3, -0.25) is 9.59 Å². The van der Waals surface area contributed by atoms with Gasteiger partial charge in [0.15, 0.2) is 23.1 Å². The topological polar surface area (TPSA) is 64.6 Å². The molecular formula is C27H29NO4. The highest BCUT2D eigenvalue weighted by Gasteiger charge is 2.40. The number of rotatable bonds is 7. The molecule has 0 amide bonds. The van der Waals surface area contributed by atoms with Crippen molar-refractivity contribution in [1.82, 2.24) is 5.32 Å². The van der Waals surface area contributed by atoms with E-state index in [2.05, 4.69) is 17.8 Å². The number of allylic oxidation sites excluding steroid dienone is 5. The summed E-state index contributed by atoms with van der Waals surface area (Å²) >= 11 is 0. The highest BCUT2D eigenvalue weighted by molar-refractivity contribution is 6.06. The summed E-state index contributed by atoms with van der Waals surface area (Å²) in [6, 6.07) is 3.93. The van der Waals surface area contributed by atoms with Crippen LogP contribution < -0.4 is 14.8 Å². The van der Waals surface area contributed by atoms with Gasteiger partial charge in [-0.05, 0) is 50.7 Å². The normalized spacial score (nSPS) is 18.5. The molecule has 1 aromatic carbocycles. The van der Waals surface area contributed by atoms with Gasteiger partial charge in [-0.25, -0.2) is 0 Å². The van der Waals surface area contributed by atoms with Crippen LogP contribution in [0.2, 0.25) is 0 Å². The second-order valence-electron chi connectivity index (χ2n) is 8.32. The second kappa shape index (κ2) is 9.48. The first-order chi connectivity index (χ1) is 15.6. The predicted molar refractivity (Wildman–Crippen MR) is 123 cm³/mol. The van der Waals surface area contributed by atoms with Crippen molar-refractivity contribution in [2.45, 2.75) is 57.8 Å². The van der Waals surface area contributed by atoms with Gasteiger partial charge in [0, 0.05) is 46.9 Å². The lowest BCUT2D eigenvalue weighted by Crippen LogP contribution is -2.36. The number of Topliss-reactive ketones (excluding diaryl/α,β-unsaturated/α-hetero) is 2. The number of hydrogen-bond acceptors (Lipinski definition) is 5. The van der Waals surface area contributed by atoms with E-state index in [1.54, 1.807) is 6.08 Å². The molecule has 2 aliphatic carbocycles. The summed E-state index contributed by atoms with van der Waals surface area (Å²) in [5.41, 5.74) is 5.16. The third kappa shape index (κ3) is 3.98. The van der Waals surface area contributed by atoms with Crippen molar-refractivity contribution < 1.29 is 19.1 Å². The third-order valence-electron chi connectivity index (χ3n) is 6.24. The summed E-state index contributed by atoms with van der Waals surface area (Å²) in [5.74, 6) is 3.52. The minimum Gasteiger partial charge on any atom is -0.490 e. The Morgan fingerprint density at radius 1 is 1.09 bits per heavy atom. The number of ketones is 2. The predicted octanol–water partition coefficient (Wildman–Crippen LogP) is 4.53. The Morgan fingerprint density at radius 3 is 2.31 bits per heavy atom. The van der Waals surface area contributed by atoms with Crippen molar-refractivity contribution in [2.75, 3.05) is 13.2 Å². The largest absolute Gasteiger partial charge is 0.490 e. The third-order valence-corrected chi connectivity index (χ3v) is 6.24. The van der Waals surface area contributed by atoms with Crippen molar-refractivity contribution in [1.29, 1.82) is 0 Å². The molecule has 0 atom stereocenters. The summed E-state index contributed by atoms with van der Waals surface area (Å²) in [5, 5.41) is 3.46. The first-order valence-electron chi connectivity index (χ1n) is 11.3. The van der Waals surface area contributed by atoms with Crippen LogP contribution in [-0.2, 0) is 16.0 Å². The average Bonchev–Trinajstić information content (AvgIpc) is 2.78. The SMILES string of the molecule is C#CCOc1c(CC=C)cc(C2C3=C(CCCC3=O)NC3=C2C(=O)CCC3)cc1OCC. The number of nitrogens with one attached hydrogen (secondary N) is 1. The summed E-state index contributed by atoms with van der Waals surface area (Å²) in [6.07, 6.45) is 12.1. The molecule has 0 aromatic heterocycles. The number of ether oxygens (including phenoxy) is 2. The van der Waals surface area contributed by atoms with Crippen LogP contribution in [0.4, 0.5) is 0 Å². The van der Waals surface area contributed by atoms with Crippen LogP contribution in [0.3, 0.4) is 0 Å². The molecule has 0 spiro atoms. The molecule has 5 nitrogen and oxygen atoms in total. The van der Waals surface area contributed by atoms with Gasteiger partial charge < -0.3 is 14.8 Å². The first kappa shape index (κ1) is 22.0. The molecule has 1 aliphatic heterocycles. The highest BCUT2D eigenvalue weighted by atomic mass is 16.5. The molecule has 3 aliphatic rings. The summed E-state index contributed by atoms with van der Waals surface area (Å²) < 4.78 is 11.8. The zero-order valence-electron chi connectivity index (χ0n) is 18.6. The Labute approximate surface area is 189 Å². The Morgan fingerprint density at radius 2 is 1.75 bits per heavy atom. The first-order valence-corrected chi connectivity index (χ1v) is 11.3. The maximum atomic E-state index is 13.1. The standard InChI is InChI=1S/C27H29NO4/c1-4-9-17-15-18(16-23(31-6-3)27(17)32-14-5-2)24-25-19(10-7-12-21(25)29)28-20-11-8-13-22(30)26(20)24/h2,4,15-16,24,28H,1,6-14H2,3H3. The van der Waals surface area contributed by atoms with Crippen molar-refractivity contribution in [3.63, 3.8) is 0 Å². The Bertz CT molecular complexity index is 1030. The molecule has 32 heavy (non-hydrogen) atoms. The van der Waals surface area contributed by atoms with Crippen LogP contribution in [0.25, 0.3) is 0 Å². The molecule has 1 heterocycles. The van der Waals surface area contributed by atoms with Gasteiger partial charge in [-0.1, -0.05) is 18.1 Å². The number of dihydropyridines is 1. The Hall–Kier alpha value is -3.26. The quantitative estimate of drug-likeness (QED) is 0.508. The lowest BCUT2D eigenvalue weighted by atomic mass is 9.71. The zero-order valence-corrected chi connectivity index (χ0v) is 18.6. The number of hydrogen-bond donors (Lipinski definition) is 1. The van der Waals surface area contributed by atoms with Gasteiger partial charge in [0.05, 0.1) is 6.61 Å². The number of carbonyl (C=O) groups is 2. The Kier molecular flexibility index (Phi) is 6.50. The molecule has 0 saturated heterocycles. The second-order valence-corrected chi connectivity index (χ2v) is 8.32. The lowest BCUT2D eigenvalue weighted by molar-refractivity contribution is -0.116. The summed E-state index contributed by atoms with van der Waals surface area (Å²) in [6.45, 7) is 6.36. The van der Waals surface area contributed by atoms with E-state index in [1.165, 1.54) is 0 Å². The maximum Gasteiger partial charge on any atom is 0.166 e. The van der Waals surface area contributed by atoms with Crippen LogP contribution in [-0.4, -0.2) is 24.8 Å². The van der Waals surface area contributed by atoms with E-state index in [9.17, 15) is 9.59 Å². The molecule has 4 rings (SSSR count). The van der Waals surface area contributed by atoms with Gasteiger partial charge >= 0.3 is 0 Å². The number of benzene rings is 1. The average molecular weight is 432 g/mol. The van der Waals surface area contributed by atoms with E-state index < -0.39 is 0 Å². The van der Waals surface area contributed by atoms with Crippen molar-refractivity contribution >= 4 is 11.6 Å². The van der Waals surface area contributed by atoms with E-state index in [0.717, 1.165) is 59.4 Å². The molecule has 0 radical (unpaired) electrons. The molecule has 0 unspecified atom stereocenters. The summed E-state index contributed by atoms with van der Waals surface area (Å²) in [4.78, 5) is 26.2. The minimum atomic E-state index is -0.383. The minimum absolute atomic E-state index is 0.115. The van der Waals surface area contributed by atoms with E-state index >= 15 is 0 Å². The van der Waals surface area contributed by atoms with E-state index in [1.807, 2.05) is 19.1 Å². The van der Waals surface area contributed by atoms with Crippen molar-refractivity contribution in [2.24, 2.45) is 0 Å². The van der Waals surface area contributed by atoms with Gasteiger partial charge in [0.1, 0.15) is 6.61 Å². The molecule has 0 saturated carbocycles. The lowest BCUT2D eigenvalue weighted by Gasteiger charge is -2.37. The van der Waals surface area contributed by atoms with E-state index in [-0.39, 0.29) is 24.1 Å². The smallest absolute Gasteiger partial charge is 0.166 e. The number of terminal acetylenes is 1. The fourth-order valence-electron chi connectivity index (χ4n) is 5.01. The zero-order chi connectivity index (χ0) is 22.7. The van der Waals surface area contributed by atoms with Crippen LogP contribution in [0.5, 0.6) is 11.5 Å². The van der Waals surface area contributed by atoms with Gasteiger partial charge in [-0.15, -0.1) is 13.0 Å². The molecule has 166 valence electrons. The van der Waals surface area contributed by atoms with Crippen LogP contribution in [0.1, 0.15) is 62.5 Å². The van der Waals surface area contributed by atoms with Gasteiger partial charge in [0.2, 0.25) is 0 Å². The molecule has 0 bridgehead atoms. The van der Waals surface area contributed by atoms with Crippen molar-refractivity contribution in [3.8, 4) is 23.8 Å². The molecule has 5 heteroatoms. The van der Waals surface area contributed by atoms with Crippen molar-refractivity contribution in [3.05, 3.63) is 58.5 Å². The Balaban J connectivity index is 1.92. The summed E-state index contributed by atoms with van der Waals surface area (Å²) in [7, 11) is 0. The van der Waals surface area contributed by atoms with Crippen LogP contribution >= 0.6 is 0 Å². The monoisotopic (exact) mass is 431 g/mol. The fourth-order valence-corrected chi connectivity index (χ4v) is 5.01. The molecule has 1 N–H and O–H groups in total. The fraction of sp³-hybridized carbons (Fsp3) is 0.407. The van der Waals surface area contributed by atoms with Gasteiger partial charge in [0.25, 0.3) is 0 Å². The number of carbonyl (C=O) groups excluding carboxylic acids is 2.